The average Bonchev–Trinajstić information content (AvgIpc) is 2.98. The van der Waals surface area contributed by atoms with Gasteiger partial charge < -0.3 is 9.73 Å². The highest BCUT2D eigenvalue weighted by Crippen LogP contribution is 2.30. The van der Waals surface area contributed by atoms with Gasteiger partial charge in [-0.05, 0) is 35.0 Å². The van der Waals surface area contributed by atoms with E-state index in [0.29, 0.717) is 10.7 Å². The molecule has 0 spiro atoms. The molecule has 0 saturated heterocycles. The SMILES string of the molecule is O=C(Cc1coc2ccc3ccccc3c12)Nc1cccc(Cl)c1. The minimum Gasteiger partial charge on any atom is -0.464 e. The van der Waals surface area contributed by atoms with Gasteiger partial charge in [0.15, 0.2) is 0 Å². The molecule has 1 heterocycles. The summed E-state index contributed by atoms with van der Waals surface area (Å²) < 4.78 is 5.63. The minimum atomic E-state index is -0.104. The number of anilines is 1. The first-order chi connectivity index (χ1) is 11.7. The molecule has 24 heavy (non-hydrogen) atoms. The highest BCUT2D eigenvalue weighted by atomic mass is 35.5. The zero-order valence-electron chi connectivity index (χ0n) is 12.8. The third kappa shape index (κ3) is 2.74. The van der Waals surface area contributed by atoms with Crippen molar-refractivity contribution in [2.24, 2.45) is 0 Å². The van der Waals surface area contributed by atoms with Crippen LogP contribution in [0.3, 0.4) is 0 Å². The number of nitrogens with one attached hydrogen (secondary N) is 1. The third-order valence-corrected chi connectivity index (χ3v) is 4.23. The Hall–Kier alpha value is -2.78. The largest absolute Gasteiger partial charge is 0.464 e. The number of rotatable bonds is 3. The van der Waals surface area contributed by atoms with Gasteiger partial charge in [-0.25, -0.2) is 0 Å². The Labute approximate surface area is 143 Å². The second kappa shape index (κ2) is 6.02. The molecule has 0 radical (unpaired) electrons. The molecule has 0 aliphatic carbocycles. The van der Waals surface area contributed by atoms with E-state index in [-0.39, 0.29) is 12.3 Å². The van der Waals surface area contributed by atoms with Gasteiger partial charge in [-0.3, -0.25) is 4.79 Å². The molecule has 1 aromatic heterocycles. The predicted molar refractivity (Wildman–Crippen MR) is 97.5 cm³/mol. The number of benzene rings is 3. The molecule has 4 rings (SSSR count). The van der Waals surface area contributed by atoms with Crippen molar-refractivity contribution in [3.05, 3.63) is 77.5 Å². The number of amides is 1. The molecule has 1 amide bonds. The normalized spacial score (nSPS) is 11.0. The van der Waals surface area contributed by atoms with Crippen LogP contribution in [-0.4, -0.2) is 5.91 Å². The van der Waals surface area contributed by atoms with Gasteiger partial charge in [-0.1, -0.05) is 48.0 Å². The molecule has 0 fully saturated rings. The summed E-state index contributed by atoms with van der Waals surface area (Å²) in [5, 5.41) is 6.67. The maximum atomic E-state index is 12.4. The first kappa shape index (κ1) is 14.8. The van der Waals surface area contributed by atoms with E-state index in [1.807, 2.05) is 36.4 Å². The van der Waals surface area contributed by atoms with Crippen LogP contribution in [0.4, 0.5) is 5.69 Å². The summed E-state index contributed by atoms with van der Waals surface area (Å²) in [6.07, 6.45) is 1.90. The summed E-state index contributed by atoms with van der Waals surface area (Å²) in [7, 11) is 0. The Bertz CT molecular complexity index is 1050. The molecule has 3 aromatic carbocycles. The van der Waals surface area contributed by atoms with Gasteiger partial charge in [0, 0.05) is 21.7 Å². The van der Waals surface area contributed by atoms with Crippen molar-refractivity contribution in [2.75, 3.05) is 5.32 Å². The van der Waals surface area contributed by atoms with Gasteiger partial charge in [0.1, 0.15) is 5.58 Å². The molecular weight excluding hydrogens is 322 g/mol. The molecule has 118 valence electrons. The molecule has 3 nitrogen and oxygen atoms in total. The van der Waals surface area contributed by atoms with Crippen molar-refractivity contribution < 1.29 is 9.21 Å². The fraction of sp³-hybridized carbons (Fsp3) is 0.0500. The first-order valence-corrected chi connectivity index (χ1v) is 8.02. The lowest BCUT2D eigenvalue weighted by atomic mass is 10.0. The van der Waals surface area contributed by atoms with Crippen molar-refractivity contribution in [1.29, 1.82) is 0 Å². The van der Waals surface area contributed by atoms with Crippen LogP contribution in [0.15, 0.2) is 71.3 Å². The Kier molecular flexibility index (Phi) is 3.71. The number of hydrogen-bond donors (Lipinski definition) is 1. The Morgan fingerprint density at radius 1 is 1.04 bits per heavy atom. The van der Waals surface area contributed by atoms with E-state index in [9.17, 15) is 4.79 Å². The maximum absolute atomic E-state index is 12.4. The van der Waals surface area contributed by atoms with Gasteiger partial charge in [-0.2, -0.15) is 0 Å². The number of carbonyl (C=O) groups excluding carboxylic acids is 1. The van der Waals surface area contributed by atoms with Gasteiger partial charge in [0.25, 0.3) is 0 Å². The second-order valence-corrected chi connectivity index (χ2v) is 6.09. The number of fused-ring (bicyclic) bond motifs is 3. The lowest BCUT2D eigenvalue weighted by molar-refractivity contribution is -0.115. The second-order valence-electron chi connectivity index (χ2n) is 5.66. The first-order valence-electron chi connectivity index (χ1n) is 7.64. The van der Waals surface area contributed by atoms with E-state index in [1.165, 1.54) is 0 Å². The van der Waals surface area contributed by atoms with Crippen LogP contribution in [0, 0.1) is 0 Å². The van der Waals surface area contributed by atoms with Crippen LogP contribution in [0.2, 0.25) is 5.02 Å². The minimum absolute atomic E-state index is 0.104. The molecule has 4 aromatic rings. The van der Waals surface area contributed by atoms with Gasteiger partial charge in [0.05, 0.1) is 12.7 Å². The summed E-state index contributed by atoms with van der Waals surface area (Å²) in [5.41, 5.74) is 2.35. The summed E-state index contributed by atoms with van der Waals surface area (Å²) in [6, 6.07) is 19.2. The number of furan rings is 1. The van der Waals surface area contributed by atoms with Gasteiger partial charge in [0.2, 0.25) is 5.91 Å². The molecular formula is C20H14ClNO2. The van der Waals surface area contributed by atoms with Crippen molar-refractivity contribution in [3.8, 4) is 0 Å². The van der Waals surface area contributed by atoms with E-state index in [0.717, 1.165) is 27.3 Å². The van der Waals surface area contributed by atoms with Crippen LogP contribution in [0.1, 0.15) is 5.56 Å². The summed E-state index contributed by atoms with van der Waals surface area (Å²) in [4.78, 5) is 12.4. The van der Waals surface area contributed by atoms with E-state index in [2.05, 4.69) is 11.4 Å². The van der Waals surface area contributed by atoms with Crippen LogP contribution in [0.25, 0.3) is 21.7 Å². The van der Waals surface area contributed by atoms with Crippen molar-refractivity contribution in [2.45, 2.75) is 6.42 Å². The van der Waals surface area contributed by atoms with Crippen molar-refractivity contribution in [1.82, 2.24) is 0 Å². The van der Waals surface area contributed by atoms with Gasteiger partial charge in [-0.15, -0.1) is 0 Å². The zero-order chi connectivity index (χ0) is 16.5. The molecule has 1 N–H and O–H groups in total. The lowest BCUT2D eigenvalue weighted by Crippen LogP contribution is -2.14. The van der Waals surface area contributed by atoms with Gasteiger partial charge >= 0.3 is 0 Å². The standard InChI is InChI=1S/C20H14ClNO2/c21-15-5-3-6-16(11-15)22-19(23)10-14-12-24-18-9-8-13-4-1-2-7-17(13)20(14)18/h1-9,11-12H,10H2,(H,22,23). The predicted octanol–water partition coefficient (Wildman–Crippen LogP) is 5.42. The van der Waals surface area contributed by atoms with E-state index in [1.54, 1.807) is 24.5 Å². The van der Waals surface area contributed by atoms with Crippen molar-refractivity contribution >= 4 is 44.9 Å². The van der Waals surface area contributed by atoms with E-state index >= 15 is 0 Å². The third-order valence-electron chi connectivity index (χ3n) is 4.00. The summed E-state index contributed by atoms with van der Waals surface area (Å²) in [6.45, 7) is 0. The average molecular weight is 336 g/mol. The molecule has 0 atom stereocenters. The Morgan fingerprint density at radius 3 is 2.79 bits per heavy atom. The molecule has 0 bridgehead atoms. The molecule has 0 saturated carbocycles. The fourth-order valence-electron chi connectivity index (χ4n) is 2.95. The summed E-state index contributed by atoms with van der Waals surface area (Å²) in [5.74, 6) is -0.104. The lowest BCUT2D eigenvalue weighted by Gasteiger charge is -2.05. The molecule has 0 aliphatic heterocycles. The number of halogens is 1. The number of carbonyl (C=O) groups is 1. The highest BCUT2D eigenvalue weighted by Gasteiger charge is 2.13. The molecule has 4 heteroatoms. The number of hydrogen-bond acceptors (Lipinski definition) is 2. The zero-order valence-corrected chi connectivity index (χ0v) is 13.5. The Morgan fingerprint density at radius 2 is 1.92 bits per heavy atom. The molecule has 0 unspecified atom stereocenters. The Balaban J connectivity index is 1.67. The van der Waals surface area contributed by atoms with Crippen LogP contribution >= 0.6 is 11.6 Å². The monoisotopic (exact) mass is 335 g/mol. The highest BCUT2D eigenvalue weighted by molar-refractivity contribution is 6.30. The molecule has 0 aliphatic rings. The van der Waals surface area contributed by atoms with E-state index < -0.39 is 0 Å². The topological polar surface area (TPSA) is 42.2 Å². The maximum Gasteiger partial charge on any atom is 0.228 e. The van der Waals surface area contributed by atoms with Crippen LogP contribution in [-0.2, 0) is 11.2 Å². The quantitative estimate of drug-likeness (QED) is 0.543. The summed E-state index contributed by atoms with van der Waals surface area (Å²) >= 11 is 5.95. The fourth-order valence-corrected chi connectivity index (χ4v) is 3.14. The van der Waals surface area contributed by atoms with Crippen LogP contribution < -0.4 is 5.32 Å². The van der Waals surface area contributed by atoms with Crippen molar-refractivity contribution in [3.63, 3.8) is 0 Å². The van der Waals surface area contributed by atoms with Crippen LogP contribution in [0.5, 0.6) is 0 Å². The van der Waals surface area contributed by atoms with E-state index in [4.69, 9.17) is 16.0 Å². The smallest absolute Gasteiger partial charge is 0.228 e.